The van der Waals surface area contributed by atoms with Crippen LogP contribution in [-0.2, 0) is 11.2 Å². The molecule has 0 saturated carbocycles. The molecule has 0 aromatic heterocycles. The second-order valence-corrected chi connectivity index (χ2v) is 7.14. The highest BCUT2D eigenvalue weighted by Crippen LogP contribution is 2.09. The molecule has 144 valence electrons. The van der Waals surface area contributed by atoms with Gasteiger partial charge in [0.1, 0.15) is 11.9 Å². The highest BCUT2D eigenvalue weighted by Gasteiger charge is 2.25. The Labute approximate surface area is 160 Å². The molecule has 0 heterocycles. The molecule has 2 rings (SSSR count). The van der Waals surface area contributed by atoms with Gasteiger partial charge in [0.25, 0.3) is 5.91 Å². The Balaban J connectivity index is 1.91. The van der Waals surface area contributed by atoms with E-state index in [0.29, 0.717) is 5.56 Å². The van der Waals surface area contributed by atoms with Crippen LogP contribution in [-0.4, -0.2) is 23.9 Å². The van der Waals surface area contributed by atoms with Gasteiger partial charge < -0.3 is 10.6 Å². The van der Waals surface area contributed by atoms with Gasteiger partial charge in [0.2, 0.25) is 5.91 Å². The quantitative estimate of drug-likeness (QED) is 0.744. The van der Waals surface area contributed by atoms with Crippen molar-refractivity contribution in [1.29, 1.82) is 0 Å². The van der Waals surface area contributed by atoms with Gasteiger partial charge in [-0.3, -0.25) is 9.59 Å². The summed E-state index contributed by atoms with van der Waals surface area (Å²) in [6.07, 6.45) is 1.68. The molecule has 2 atom stereocenters. The molecule has 0 spiro atoms. The number of rotatable bonds is 8. The fraction of sp³-hybridized carbons (Fsp3) is 0.364. The molecule has 1 unspecified atom stereocenters. The first kappa shape index (κ1) is 20.6. The van der Waals surface area contributed by atoms with E-state index in [1.165, 1.54) is 29.8 Å². The number of hydrogen-bond acceptors (Lipinski definition) is 2. The van der Waals surface area contributed by atoms with E-state index in [4.69, 9.17) is 0 Å². The van der Waals surface area contributed by atoms with Gasteiger partial charge in [0.05, 0.1) is 0 Å². The maximum Gasteiger partial charge on any atom is 0.251 e. The summed E-state index contributed by atoms with van der Waals surface area (Å²) in [7, 11) is 0. The zero-order valence-corrected chi connectivity index (χ0v) is 16.0. The summed E-state index contributed by atoms with van der Waals surface area (Å²) in [5, 5.41) is 5.74. The molecule has 0 saturated heterocycles. The third kappa shape index (κ3) is 6.51. The number of carbonyl (C=O) groups is 2. The van der Waals surface area contributed by atoms with Gasteiger partial charge in [0.15, 0.2) is 0 Å². The highest BCUT2D eigenvalue weighted by atomic mass is 19.1. The van der Waals surface area contributed by atoms with Crippen LogP contribution >= 0.6 is 0 Å². The monoisotopic (exact) mass is 370 g/mol. The zero-order chi connectivity index (χ0) is 19.8. The number of amides is 2. The Morgan fingerprint density at radius 2 is 1.56 bits per heavy atom. The number of hydrogen-bond donors (Lipinski definition) is 2. The van der Waals surface area contributed by atoms with Gasteiger partial charge in [-0.05, 0) is 55.5 Å². The van der Waals surface area contributed by atoms with E-state index in [1.807, 2.05) is 39.0 Å². The van der Waals surface area contributed by atoms with Gasteiger partial charge in [0, 0.05) is 11.6 Å². The summed E-state index contributed by atoms with van der Waals surface area (Å²) in [4.78, 5) is 25.0. The van der Waals surface area contributed by atoms with Crippen molar-refractivity contribution in [2.45, 2.75) is 45.7 Å². The zero-order valence-electron chi connectivity index (χ0n) is 16.0. The normalized spacial score (nSPS) is 13.1. The lowest BCUT2D eigenvalue weighted by Crippen LogP contribution is -2.51. The van der Waals surface area contributed by atoms with Crippen molar-refractivity contribution in [1.82, 2.24) is 10.6 Å². The summed E-state index contributed by atoms with van der Waals surface area (Å²) >= 11 is 0. The minimum Gasteiger partial charge on any atom is -0.352 e. The fourth-order valence-corrected chi connectivity index (χ4v) is 2.79. The molecule has 0 aliphatic carbocycles. The van der Waals surface area contributed by atoms with Gasteiger partial charge >= 0.3 is 0 Å². The summed E-state index contributed by atoms with van der Waals surface area (Å²) < 4.78 is 13.0. The molecular weight excluding hydrogens is 343 g/mol. The Bertz CT molecular complexity index is 745. The average Bonchev–Trinajstić information content (AvgIpc) is 2.65. The Morgan fingerprint density at radius 3 is 2.15 bits per heavy atom. The first-order chi connectivity index (χ1) is 12.9. The lowest BCUT2D eigenvalue weighted by Gasteiger charge is -2.24. The maximum absolute atomic E-state index is 13.0. The minimum absolute atomic E-state index is 0.0123. The molecular formula is C22H27FN2O2. The average molecular weight is 370 g/mol. The van der Waals surface area contributed by atoms with E-state index >= 15 is 0 Å². The molecule has 5 heteroatoms. The largest absolute Gasteiger partial charge is 0.352 e. The number of aryl methyl sites for hydroxylation is 1. The number of carbonyl (C=O) groups excluding carboxylic acids is 2. The Kier molecular flexibility index (Phi) is 7.53. The van der Waals surface area contributed by atoms with Gasteiger partial charge in [-0.25, -0.2) is 4.39 Å². The molecule has 2 aromatic rings. The molecule has 0 bridgehead atoms. The van der Waals surface area contributed by atoms with E-state index in [9.17, 15) is 14.0 Å². The van der Waals surface area contributed by atoms with Crippen molar-refractivity contribution in [3.63, 3.8) is 0 Å². The topological polar surface area (TPSA) is 58.2 Å². The van der Waals surface area contributed by atoms with Crippen LogP contribution in [0.3, 0.4) is 0 Å². The molecule has 4 nitrogen and oxygen atoms in total. The van der Waals surface area contributed by atoms with Crippen molar-refractivity contribution in [2.24, 2.45) is 5.92 Å². The smallest absolute Gasteiger partial charge is 0.251 e. The van der Waals surface area contributed by atoms with Crippen molar-refractivity contribution in [3.05, 3.63) is 71.5 Å². The SMILES string of the molecule is CC(CCc1ccccc1)NC(=O)[C@@H](NC(=O)c1ccc(F)cc1)C(C)C. The van der Waals surface area contributed by atoms with Crippen LogP contribution in [0.15, 0.2) is 54.6 Å². The summed E-state index contributed by atoms with van der Waals surface area (Å²) in [5.74, 6) is -1.07. The van der Waals surface area contributed by atoms with Crippen molar-refractivity contribution >= 4 is 11.8 Å². The number of halogens is 1. The molecule has 0 aliphatic heterocycles. The predicted octanol–water partition coefficient (Wildman–Crippen LogP) is 3.72. The van der Waals surface area contributed by atoms with E-state index in [0.717, 1.165) is 12.8 Å². The molecule has 2 amide bonds. The van der Waals surface area contributed by atoms with E-state index in [-0.39, 0.29) is 23.8 Å². The van der Waals surface area contributed by atoms with Crippen LogP contribution < -0.4 is 10.6 Å². The summed E-state index contributed by atoms with van der Waals surface area (Å²) in [6.45, 7) is 5.72. The standard InChI is InChI=1S/C22H27FN2O2/c1-15(2)20(25-21(26)18-11-13-19(23)14-12-18)22(27)24-16(3)9-10-17-7-5-4-6-8-17/h4-8,11-16,20H,9-10H2,1-3H3,(H,24,27)(H,25,26)/t16?,20-/m0/s1. The Morgan fingerprint density at radius 1 is 0.926 bits per heavy atom. The van der Waals surface area contributed by atoms with Crippen molar-refractivity contribution in [3.8, 4) is 0 Å². The summed E-state index contributed by atoms with van der Waals surface area (Å²) in [6, 6.07) is 14.7. The third-order valence-electron chi connectivity index (χ3n) is 4.44. The van der Waals surface area contributed by atoms with Crippen molar-refractivity contribution < 1.29 is 14.0 Å². The lowest BCUT2D eigenvalue weighted by molar-refractivity contribution is -0.124. The second kappa shape index (κ2) is 9.86. The molecule has 0 fully saturated rings. The van der Waals surface area contributed by atoms with E-state index in [2.05, 4.69) is 22.8 Å². The van der Waals surface area contributed by atoms with Gasteiger partial charge in [-0.15, -0.1) is 0 Å². The molecule has 2 aromatic carbocycles. The van der Waals surface area contributed by atoms with Crippen molar-refractivity contribution in [2.75, 3.05) is 0 Å². The Hall–Kier alpha value is -2.69. The third-order valence-corrected chi connectivity index (χ3v) is 4.44. The van der Waals surface area contributed by atoms with Crippen LogP contribution in [0.25, 0.3) is 0 Å². The van der Waals surface area contributed by atoms with E-state index < -0.39 is 11.9 Å². The number of benzene rings is 2. The first-order valence-electron chi connectivity index (χ1n) is 9.27. The summed E-state index contributed by atoms with van der Waals surface area (Å²) in [5.41, 5.74) is 1.55. The molecule has 27 heavy (non-hydrogen) atoms. The predicted molar refractivity (Wildman–Crippen MR) is 105 cm³/mol. The second-order valence-electron chi connectivity index (χ2n) is 7.14. The van der Waals surface area contributed by atoms with E-state index in [1.54, 1.807) is 0 Å². The molecule has 0 radical (unpaired) electrons. The van der Waals surface area contributed by atoms with Gasteiger partial charge in [-0.1, -0.05) is 44.2 Å². The highest BCUT2D eigenvalue weighted by molar-refractivity contribution is 5.97. The molecule has 0 aliphatic rings. The lowest BCUT2D eigenvalue weighted by atomic mass is 10.0. The maximum atomic E-state index is 13.0. The van der Waals surface area contributed by atoms with Crippen LogP contribution in [0.5, 0.6) is 0 Å². The van der Waals surface area contributed by atoms with Gasteiger partial charge in [-0.2, -0.15) is 0 Å². The minimum atomic E-state index is -0.651. The van der Waals surface area contributed by atoms with Crippen LogP contribution in [0, 0.1) is 11.7 Å². The number of nitrogens with one attached hydrogen (secondary N) is 2. The molecule has 2 N–H and O–H groups in total. The van der Waals surface area contributed by atoms with Crippen LogP contribution in [0.4, 0.5) is 4.39 Å². The van der Waals surface area contributed by atoms with Crippen LogP contribution in [0.2, 0.25) is 0 Å². The fourth-order valence-electron chi connectivity index (χ4n) is 2.79. The van der Waals surface area contributed by atoms with Crippen LogP contribution in [0.1, 0.15) is 43.1 Å². The first-order valence-corrected chi connectivity index (χ1v) is 9.27.